The molecule has 0 unspecified atom stereocenters. The van der Waals surface area contributed by atoms with E-state index in [0.717, 1.165) is 18.1 Å². The van der Waals surface area contributed by atoms with Crippen molar-refractivity contribution < 1.29 is 4.42 Å². The number of aromatic nitrogens is 1. The van der Waals surface area contributed by atoms with Crippen LogP contribution in [-0.2, 0) is 6.42 Å². The molecule has 1 aromatic rings. The lowest BCUT2D eigenvalue weighted by atomic mass is 9.86. The first-order valence-electron chi connectivity index (χ1n) is 5.97. The van der Waals surface area contributed by atoms with Crippen LogP contribution in [0.25, 0.3) is 0 Å². The van der Waals surface area contributed by atoms with Crippen LogP contribution >= 0.6 is 0 Å². The van der Waals surface area contributed by atoms with Gasteiger partial charge in [-0.3, -0.25) is 0 Å². The SMILES string of the molecule is Cc1oc(CCN)nc1C1CCCCC1. The lowest BCUT2D eigenvalue weighted by Crippen LogP contribution is -2.07. The Balaban J connectivity index is 2.11. The number of nitrogens with zero attached hydrogens (tertiary/aromatic N) is 1. The molecule has 1 aliphatic carbocycles. The summed E-state index contributed by atoms with van der Waals surface area (Å²) in [6, 6.07) is 0. The van der Waals surface area contributed by atoms with Crippen molar-refractivity contribution in [1.29, 1.82) is 0 Å². The van der Waals surface area contributed by atoms with Crippen molar-refractivity contribution in [2.24, 2.45) is 5.73 Å². The maximum atomic E-state index is 5.62. The molecular weight excluding hydrogens is 188 g/mol. The molecule has 0 spiro atoms. The first kappa shape index (κ1) is 10.7. The number of nitrogens with two attached hydrogens (primary N) is 1. The van der Waals surface area contributed by atoms with Gasteiger partial charge >= 0.3 is 0 Å². The summed E-state index contributed by atoms with van der Waals surface area (Å²) in [5, 5.41) is 0. The Kier molecular flexibility index (Phi) is 3.41. The molecule has 0 saturated heterocycles. The Morgan fingerprint density at radius 2 is 2.07 bits per heavy atom. The molecule has 84 valence electrons. The number of hydrogen-bond donors (Lipinski definition) is 1. The van der Waals surface area contributed by atoms with Crippen molar-refractivity contribution in [2.45, 2.75) is 51.4 Å². The average molecular weight is 208 g/mol. The molecule has 0 aromatic carbocycles. The van der Waals surface area contributed by atoms with Gasteiger partial charge in [-0.2, -0.15) is 0 Å². The summed E-state index contributed by atoms with van der Waals surface area (Å²) in [6.45, 7) is 2.64. The summed E-state index contributed by atoms with van der Waals surface area (Å²) in [4.78, 5) is 4.58. The standard InChI is InChI=1S/C12H20N2O/c1-9-12(10-5-3-2-4-6-10)14-11(15-9)7-8-13/h10H,2-8,13H2,1H3. The maximum absolute atomic E-state index is 5.62. The van der Waals surface area contributed by atoms with Gasteiger partial charge < -0.3 is 10.2 Å². The predicted octanol–water partition coefficient (Wildman–Crippen LogP) is 2.53. The summed E-state index contributed by atoms with van der Waals surface area (Å²) >= 11 is 0. The van der Waals surface area contributed by atoms with E-state index < -0.39 is 0 Å². The van der Waals surface area contributed by atoms with Crippen LogP contribution in [0, 0.1) is 6.92 Å². The maximum Gasteiger partial charge on any atom is 0.195 e. The Labute approximate surface area is 91.1 Å². The Hall–Kier alpha value is -0.830. The molecule has 0 radical (unpaired) electrons. The van der Waals surface area contributed by atoms with Gasteiger partial charge in [0.05, 0.1) is 5.69 Å². The van der Waals surface area contributed by atoms with Crippen LogP contribution in [0.2, 0.25) is 0 Å². The van der Waals surface area contributed by atoms with E-state index in [1.54, 1.807) is 0 Å². The predicted molar refractivity (Wildman–Crippen MR) is 59.8 cm³/mol. The van der Waals surface area contributed by atoms with Crippen LogP contribution in [0.1, 0.15) is 55.4 Å². The third-order valence-electron chi connectivity index (χ3n) is 3.23. The second-order valence-corrected chi connectivity index (χ2v) is 4.42. The molecule has 1 heterocycles. The molecular formula is C12H20N2O. The molecule has 1 aromatic heterocycles. The van der Waals surface area contributed by atoms with E-state index in [1.807, 2.05) is 6.92 Å². The van der Waals surface area contributed by atoms with E-state index in [4.69, 9.17) is 10.2 Å². The number of hydrogen-bond acceptors (Lipinski definition) is 3. The molecule has 0 amide bonds. The first-order valence-corrected chi connectivity index (χ1v) is 5.97. The minimum Gasteiger partial charge on any atom is -0.446 e. The molecule has 0 aliphatic heterocycles. The van der Waals surface area contributed by atoms with Gasteiger partial charge in [0, 0.05) is 18.9 Å². The molecule has 0 atom stereocenters. The van der Waals surface area contributed by atoms with Gasteiger partial charge in [0.15, 0.2) is 5.89 Å². The first-order chi connectivity index (χ1) is 7.31. The largest absolute Gasteiger partial charge is 0.446 e. The van der Waals surface area contributed by atoms with E-state index >= 15 is 0 Å². The zero-order valence-corrected chi connectivity index (χ0v) is 9.46. The third-order valence-corrected chi connectivity index (χ3v) is 3.23. The third kappa shape index (κ3) is 2.40. The highest BCUT2D eigenvalue weighted by molar-refractivity contribution is 5.14. The van der Waals surface area contributed by atoms with E-state index in [9.17, 15) is 0 Å². The summed E-state index contributed by atoms with van der Waals surface area (Å²) in [5.41, 5.74) is 6.69. The van der Waals surface area contributed by atoms with Crippen molar-refractivity contribution in [1.82, 2.24) is 4.98 Å². The zero-order chi connectivity index (χ0) is 10.7. The summed E-state index contributed by atoms with van der Waals surface area (Å²) < 4.78 is 5.62. The molecule has 3 nitrogen and oxygen atoms in total. The Morgan fingerprint density at radius 3 is 2.73 bits per heavy atom. The smallest absolute Gasteiger partial charge is 0.195 e. The van der Waals surface area contributed by atoms with Gasteiger partial charge in [0.25, 0.3) is 0 Å². The highest BCUT2D eigenvalue weighted by Gasteiger charge is 2.21. The fourth-order valence-electron chi connectivity index (χ4n) is 2.45. The molecule has 1 fully saturated rings. The highest BCUT2D eigenvalue weighted by Crippen LogP contribution is 2.33. The van der Waals surface area contributed by atoms with Gasteiger partial charge in [-0.1, -0.05) is 19.3 Å². The average Bonchev–Trinajstić information content (AvgIpc) is 2.61. The lowest BCUT2D eigenvalue weighted by Gasteiger charge is -2.19. The van der Waals surface area contributed by atoms with Gasteiger partial charge in [-0.05, 0) is 19.8 Å². The van der Waals surface area contributed by atoms with Crippen LogP contribution in [0.15, 0.2) is 4.42 Å². The molecule has 3 heteroatoms. The normalized spacial score (nSPS) is 18.3. The van der Waals surface area contributed by atoms with Crippen LogP contribution < -0.4 is 5.73 Å². The van der Waals surface area contributed by atoms with Crippen molar-refractivity contribution >= 4 is 0 Å². The van der Waals surface area contributed by atoms with Crippen LogP contribution in [0.5, 0.6) is 0 Å². The minimum absolute atomic E-state index is 0.615. The molecule has 1 aliphatic rings. The number of aryl methyl sites for hydroxylation is 1. The van der Waals surface area contributed by atoms with Crippen LogP contribution in [0.3, 0.4) is 0 Å². The molecule has 2 N–H and O–H groups in total. The van der Waals surface area contributed by atoms with Crippen molar-refractivity contribution in [3.8, 4) is 0 Å². The van der Waals surface area contributed by atoms with E-state index in [2.05, 4.69) is 4.98 Å². The highest BCUT2D eigenvalue weighted by atomic mass is 16.4. The fraction of sp³-hybridized carbons (Fsp3) is 0.750. The second-order valence-electron chi connectivity index (χ2n) is 4.42. The lowest BCUT2D eigenvalue weighted by molar-refractivity contribution is 0.429. The van der Waals surface area contributed by atoms with Crippen LogP contribution in [-0.4, -0.2) is 11.5 Å². The van der Waals surface area contributed by atoms with Crippen LogP contribution in [0.4, 0.5) is 0 Å². The second kappa shape index (κ2) is 4.79. The number of rotatable bonds is 3. The quantitative estimate of drug-likeness (QED) is 0.830. The Morgan fingerprint density at radius 1 is 1.33 bits per heavy atom. The molecule has 2 rings (SSSR count). The topological polar surface area (TPSA) is 52.0 Å². The molecule has 0 bridgehead atoms. The fourth-order valence-corrected chi connectivity index (χ4v) is 2.45. The van der Waals surface area contributed by atoms with Gasteiger partial charge in [-0.15, -0.1) is 0 Å². The van der Waals surface area contributed by atoms with Crippen molar-refractivity contribution in [2.75, 3.05) is 6.54 Å². The van der Waals surface area contributed by atoms with Gasteiger partial charge in [0.2, 0.25) is 0 Å². The van der Waals surface area contributed by atoms with E-state index in [-0.39, 0.29) is 0 Å². The molecule has 1 saturated carbocycles. The van der Waals surface area contributed by atoms with E-state index in [0.29, 0.717) is 12.5 Å². The van der Waals surface area contributed by atoms with E-state index in [1.165, 1.54) is 37.8 Å². The zero-order valence-electron chi connectivity index (χ0n) is 9.46. The van der Waals surface area contributed by atoms with Gasteiger partial charge in [0.1, 0.15) is 5.76 Å². The van der Waals surface area contributed by atoms with Crippen molar-refractivity contribution in [3.05, 3.63) is 17.3 Å². The summed E-state index contributed by atoms with van der Waals surface area (Å²) in [5.74, 6) is 2.45. The number of oxazole rings is 1. The summed E-state index contributed by atoms with van der Waals surface area (Å²) in [7, 11) is 0. The minimum atomic E-state index is 0.615. The molecule has 15 heavy (non-hydrogen) atoms. The monoisotopic (exact) mass is 208 g/mol. The van der Waals surface area contributed by atoms with Gasteiger partial charge in [-0.25, -0.2) is 4.98 Å². The summed E-state index contributed by atoms with van der Waals surface area (Å²) in [6.07, 6.45) is 7.36. The Bertz CT molecular complexity index is 313. The van der Waals surface area contributed by atoms with Crippen molar-refractivity contribution in [3.63, 3.8) is 0 Å².